The second-order valence-electron chi connectivity index (χ2n) is 9.74. The second-order valence-corrected chi connectivity index (χ2v) is 9.74. The highest BCUT2D eigenvalue weighted by molar-refractivity contribution is 5.66. The summed E-state index contributed by atoms with van der Waals surface area (Å²) in [5, 5.41) is 7.55. The Hall–Kier alpha value is -2.22. The summed E-state index contributed by atoms with van der Waals surface area (Å²) in [6.45, 7) is 22.5. The molecule has 0 saturated carbocycles. The fraction of sp³-hybridized carbons (Fsp3) is 0.500. The Morgan fingerprint density at radius 2 is 0.733 bits per heavy atom. The van der Waals surface area contributed by atoms with Crippen LogP contribution in [0.15, 0.2) is 47.8 Å². The highest BCUT2D eigenvalue weighted by Crippen LogP contribution is 2.35. The largest absolute Gasteiger partial charge is 0.357 e. The molecule has 2 heteroatoms. The van der Waals surface area contributed by atoms with Crippen molar-refractivity contribution in [2.75, 3.05) is 10.6 Å². The van der Waals surface area contributed by atoms with E-state index < -0.39 is 0 Å². The predicted molar refractivity (Wildman–Crippen MR) is 135 cm³/mol. The Morgan fingerprint density at radius 1 is 0.500 bits per heavy atom. The normalized spacial score (nSPS) is 12.7. The summed E-state index contributed by atoms with van der Waals surface area (Å²) in [6.07, 6.45) is 0. The molecule has 30 heavy (non-hydrogen) atoms. The van der Waals surface area contributed by atoms with Crippen LogP contribution in [0, 0.1) is 0 Å². The number of rotatable bonds is 8. The Kier molecular flexibility index (Phi) is 8.18. The molecular weight excluding hydrogens is 364 g/mol. The van der Waals surface area contributed by atoms with Crippen molar-refractivity contribution in [2.24, 2.45) is 0 Å². The van der Waals surface area contributed by atoms with Gasteiger partial charge in [0.25, 0.3) is 0 Å². The third-order valence-corrected chi connectivity index (χ3v) is 5.93. The van der Waals surface area contributed by atoms with Crippen LogP contribution in [0.25, 0.3) is 0 Å². The van der Waals surface area contributed by atoms with Crippen molar-refractivity contribution in [1.29, 1.82) is 0 Å². The van der Waals surface area contributed by atoms with Gasteiger partial charge in [0.15, 0.2) is 0 Å². The quantitative estimate of drug-likeness (QED) is 0.457. The van der Waals surface area contributed by atoms with Crippen molar-refractivity contribution >= 4 is 11.4 Å². The van der Waals surface area contributed by atoms with E-state index in [0.717, 1.165) is 0 Å². The molecule has 2 aromatic rings. The summed E-state index contributed by atoms with van der Waals surface area (Å²) in [5.41, 5.74) is 10.4. The van der Waals surface area contributed by atoms with Crippen molar-refractivity contribution in [3.63, 3.8) is 0 Å². The zero-order valence-corrected chi connectivity index (χ0v) is 20.8. The monoisotopic (exact) mass is 406 g/mol. The lowest BCUT2D eigenvalue weighted by atomic mass is 9.92. The molecular formula is C28H42N2. The summed E-state index contributed by atoms with van der Waals surface area (Å²) >= 11 is 0. The minimum Gasteiger partial charge on any atom is -0.357 e. The number of allylic oxidation sites excluding steroid dienone is 2. The smallest absolute Gasteiger partial charge is 0.0452 e. The molecule has 0 fully saturated rings. The van der Waals surface area contributed by atoms with Crippen LogP contribution in [0.2, 0.25) is 0 Å². The summed E-state index contributed by atoms with van der Waals surface area (Å²) in [7, 11) is 0. The van der Waals surface area contributed by atoms with E-state index in [1.54, 1.807) is 0 Å². The second kappa shape index (κ2) is 10.2. The topological polar surface area (TPSA) is 24.1 Å². The molecule has 2 N–H and O–H groups in total. The molecule has 0 radical (unpaired) electrons. The molecule has 0 aromatic heterocycles. The SMILES string of the molecule is CC(Nc1c(C(C)C)cccc1C(C)C)=C(C)Nc1c(C(C)C)cccc1C(C)C. The van der Waals surface area contributed by atoms with Crippen LogP contribution in [0.1, 0.15) is 115 Å². The Labute approximate surface area is 185 Å². The molecule has 0 aliphatic rings. The zero-order valence-electron chi connectivity index (χ0n) is 20.8. The van der Waals surface area contributed by atoms with Crippen molar-refractivity contribution in [3.05, 3.63) is 70.0 Å². The average molecular weight is 407 g/mol. The first-order chi connectivity index (χ1) is 14.0. The minimum absolute atomic E-state index is 0.474. The van der Waals surface area contributed by atoms with Crippen molar-refractivity contribution in [1.82, 2.24) is 0 Å². The Balaban J connectivity index is 2.48. The fourth-order valence-corrected chi connectivity index (χ4v) is 3.95. The highest BCUT2D eigenvalue weighted by Gasteiger charge is 2.17. The molecule has 2 rings (SSSR count). The van der Waals surface area contributed by atoms with E-state index >= 15 is 0 Å². The molecule has 0 bridgehead atoms. The van der Waals surface area contributed by atoms with Gasteiger partial charge >= 0.3 is 0 Å². The van der Waals surface area contributed by atoms with E-state index in [-0.39, 0.29) is 0 Å². The van der Waals surface area contributed by atoms with E-state index in [2.05, 4.69) is 116 Å². The van der Waals surface area contributed by atoms with Gasteiger partial charge in [-0.2, -0.15) is 0 Å². The fourth-order valence-electron chi connectivity index (χ4n) is 3.95. The first kappa shape index (κ1) is 24.1. The van der Waals surface area contributed by atoms with Crippen molar-refractivity contribution in [2.45, 2.75) is 92.9 Å². The predicted octanol–water partition coefficient (Wildman–Crippen LogP) is 8.96. The summed E-state index contributed by atoms with van der Waals surface area (Å²) in [5.74, 6) is 1.89. The number of hydrogen-bond acceptors (Lipinski definition) is 2. The molecule has 0 unspecified atom stereocenters. The maximum absolute atomic E-state index is 3.78. The van der Waals surface area contributed by atoms with E-state index in [4.69, 9.17) is 0 Å². The number of para-hydroxylation sites is 2. The van der Waals surface area contributed by atoms with Crippen LogP contribution in [0.4, 0.5) is 11.4 Å². The molecule has 0 saturated heterocycles. The Morgan fingerprint density at radius 3 is 0.933 bits per heavy atom. The lowest BCUT2D eigenvalue weighted by Crippen LogP contribution is -2.12. The zero-order chi connectivity index (χ0) is 22.6. The van der Waals surface area contributed by atoms with E-state index in [1.807, 2.05) is 0 Å². The van der Waals surface area contributed by atoms with Gasteiger partial charge in [-0.05, 0) is 59.8 Å². The number of nitrogens with one attached hydrogen (secondary N) is 2. The number of hydrogen-bond donors (Lipinski definition) is 2. The van der Waals surface area contributed by atoms with Gasteiger partial charge in [-0.15, -0.1) is 0 Å². The van der Waals surface area contributed by atoms with Gasteiger partial charge in [-0.1, -0.05) is 91.8 Å². The molecule has 0 heterocycles. The molecule has 2 nitrogen and oxygen atoms in total. The van der Waals surface area contributed by atoms with Gasteiger partial charge in [0, 0.05) is 22.8 Å². The third kappa shape index (κ3) is 5.47. The minimum atomic E-state index is 0.474. The highest BCUT2D eigenvalue weighted by atomic mass is 15.0. The molecule has 2 aromatic carbocycles. The Bertz CT molecular complexity index is 760. The molecule has 0 aliphatic carbocycles. The molecule has 0 amide bonds. The molecule has 0 atom stereocenters. The summed E-state index contributed by atoms with van der Waals surface area (Å²) < 4.78 is 0. The van der Waals surface area contributed by atoms with Gasteiger partial charge in [0.1, 0.15) is 0 Å². The van der Waals surface area contributed by atoms with Crippen molar-refractivity contribution in [3.8, 4) is 0 Å². The lowest BCUT2D eigenvalue weighted by molar-refractivity contribution is 0.834. The molecule has 0 aliphatic heterocycles. The van der Waals surface area contributed by atoms with Gasteiger partial charge in [0.2, 0.25) is 0 Å². The van der Waals surface area contributed by atoms with E-state index in [1.165, 1.54) is 45.0 Å². The van der Waals surface area contributed by atoms with Crippen LogP contribution in [-0.4, -0.2) is 0 Å². The van der Waals surface area contributed by atoms with Gasteiger partial charge in [-0.25, -0.2) is 0 Å². The van der Waals surface area contributed by atoms with E-state index in [9.17, 15) is 0 Å². The van der Waals surface area contributed by atoms with Crippen molar-refractivity contribution < 1.29 is 0 Å². The number of benzene rings is 2. The lowest BCUT2D eigenvalue weighted by Gasteiger charge is -2.24. The van der Waals surface area contributed by atoms with Crippen LogP contribution in [0.5, 0.6) is 0 Å². The summed E-state index contributed by atoms with van der Waals surface area (Å²) in [6, 6.07) is 13.4. The maximum Gasteiger partial charge on any atom is 0.0452 e. The van der Waals surface area contributed by atoms with Crippen LogP contribution in [0.3, 0.4) is 0 Å². The third-order valence-electron chi connectivity index (χ3n) is 5.93. The van der Waals surface area contributed by atoms with Crippen LogP contribution < -0.4 is 10.6 Å². The van der Waals surface area contributed by atoms with Gasteiger partial charge in [0.05, 0.1) is 0 Å². The maximum atomic E-state index is 3.78. The first-order valence-electron chi connectivity index (χ1n) is 11.5. The van der Waals surface area contributed by atoms with Crippen LogP contribution in [-0.2, 0) is 0 Å². The number of anilines is 2. The average Bonchev–Trinajstić information content (AvgIpc) is 2.67. The van der Waals surface area contributed by atoms with E-state index in [0.29, 0.717) is 23.7 Å². The van der Waals surface area contributed by atoms with Crippen LogP contribution >= 0.6 is 0 Å². The summed E-state index contributed by atoms with van der Waals surface area (Å²) in [4.78, 5) is 0. The van der Waals surface area contributed by atoms with Gasteiger partial charge in [-0.3, -0.25) is 0 Å². The molecule has 164 valence electrons. The first-order valence-corrected chi connectivity index (χ1v) is 11.5. The standard InChI is InChI=1S/C28H42N2/c1-17(2)23-13-11-14-24(18(3)4)27(23)29-21(9)22(10)30-28-25(19(5)6)15-12-16-26(28)20(7)8/h11-20,29-30H,1-10H3. The van der Waals surface area contributed by atoms with Gasteiger partial charge < -0.3 is 10.6 Å². The molecule has 0 spiro atoms.